The van der Waals surface area contributed by atoms with E-state index >= 15 is 0 Å². The normalized spacial score (nSPS) is 13.6. The van der Waals surface area contributed by atoms with Gasteiger partial charge in [0.05, 0.1) is 12.6 Å². The van der Waals surface area contributed by atoms with E-state index in [9.17, 15) is 0 Å². The highest BCUT2D eigenvalue weighted by atomic mass is 28.4. The van der Waals surface area contributed by atoms with Crippen LogP contribution < -0.4 is 0 Å². The molecule has 2 rings (SSSR count). The van der Waals surface area contributed by atoms with Crippen molar-refractivity contribution in [3.63, 3.8) is 0 Å². The van der Waals surface area contributed by atoms with Crippen molar-refractivity contribution in [3.05, 3.63) is 84.4 Å². The third-order valence-electron chi connectivity index (χ3n) is 5.62. The van der Waals surface area contributed by atoms with E-state index in [4.69, 9.17) is 4.43 Å². The Balaban J connectivity index is 2.17. The molecule has 27 heavy (non-hydrogen) atoms. The molecule has 0 aliphatic heterocycles. The molecule has 0 spiro atoms. The molecule has 2 aromatic rings. The predicted molar refractivity (Wildman–Crippen MR) is 119 cm³/mol. The van der Waals surface area contributed by atoms with Gasteiger partial charge in [-0.2, -0.15) is 0 Å². The number of benzene rings is 2. The first-order chi connectivity index (χ1) is 12.7. The SMILES string of the molecule is C=C[C@H](CO[Si](C)(C)C(C)(C)C)N(Cc1ccccc1)Cc1ccccc1. The Kier molecular flexibility index (Phi) is 7.60. The molecule has 0 fully saturated rings. The van der Waals surface area contributed by atoms with Crippen molar-refractivity contribution in [2.75, 3.05) is 6.61 Å². The van der Waals surface area contributed by atoms with Gasteiger partial charge in [0.1, 0.15) is 0 Å². The Morgan fingerprint density at radius 2 is 1.37 bits per heavy atom. The molecule has 1 atom stereocenters. The van der Waals surface area contributed by atoms with Crippen LogP contribution in [0.25, 0.3) is 0 Å². The number of hydrogen-bond acceptors (Lipinski definition) is 2. The average Bonchev–Trinajstić information content (AvgIpc) is 2.63. The molecule has 146 valence electrons. The van der Waals surface area contributed by atoms with Crippen LogP contribution in [0.5, 0.6) is 0 Å². The van der Waals surface area contributed by atoms with Crippen LogP contribution in [0.15, 0.2) is 73.3 Å². The summed E-state index contributed by atoms with van der Waals surface area (Å²) in [5.41, 5.74) is 2.63. The van der Waals surface area contributed by atoms with Crippen LogP contribution in [0, 0.1) is 0 Å². The van der Waals surface area contributed by atoms with Gasteiger partial charge >= 0.3 is 0 Å². The van der Waals surface area contributed by atoms with E-state index in [1.807, 2.05) is 6.08 Å². The van der Waals surface area contributed by atoms with Crippen LogP contribution in [0.4, 0.5) is 0 Å². The Labute approximate surface area is 167 Å². The zero-order valence-electron chi connectivity index (χ0n) is 17.6. The van der Waals surface area contributed by atoms with Crippen molar-refractivity contribution in [2.24, 2.45) is 0 Å². The fourth-order valence-electron chi connectivity index (χ4n) is 2.76. The molecule has 0 aliphatic rings. The lowest BCUT2D eigenvalue weighted by atomic mass is 10.1. The van der Waals surface area contributed by atoms with Crippen LogP contribution in [0.2, 0.25) is 18.1 Å². The highest BCUT2D eigenvalue weighted by molar-refractivity contribution is 6.74. The van der Waals surface area contributed by atoms with Gasteiger partial charge in [0.2, 0.25) is 0 Å². The van der Waals surface area contributed by atoms with Crippen molar-refractivity contribution >= 4 is 8.32 Å². The lowest BCUT2D eigenvalue weighted by molar-refractivity contribution is 0.142. The Morgan fingerprint density at radius 3 is 1.74 bits per heavy atom. The molecule has 0 radical (unpaired) electrons. The van der Waals surface area contributed by atoms with Crippen molar-refractivity contribution in [1.29, 1.82) is 0 Å². The number of rotatable bonds is 9. The standard InChI is InChI=1S/C24H35NOSi/c1-7-23(20-26-27(5,6)24(2,3)4)25(18-21-14-10-8-11-15-21)19-22-16-12-9-13-17-22/h7-17,23H,1,18-20H2,2-6H3/t23-/m1/s1. The highest BCUT2D eigenvalue weighted by Crippen LogP contribution is 2.36. The maximum absolute atomic E-state index is 6.53. The fourth-order valence-corrected chi connectivity index (χ4v) is 3.78. The first kappa shape index (κ1) is 21.6. The van der Waals surface area contributed by atoms with Gasteiger partial charge in [0.15, 0.2) is 8.32 Å². The van der Waals surface area contributed by atoms with Gasteiger partial charge in [-0.25, -0.2) is 0 Å². The van der Waals surface area contributed by atoms with E-state index in [2.05, 4.69) is 106 Å². The smallest absolute Gasteiger partial charge is 0.192 e. The molecule has 0 heterocycles. The quantitative estimate of drug-likeness (QED) is 0.375. The molecule has 2 nitrogen and oxygen atoms in total. The molecular formula is C24H35NOSi. The highest BCUT2D eigenvalue weighted by Gasteiger charge is 2.37. The van der Waals surface area contributed by atoms with E-state index in [0.717, 1.165) is 13.1 Å². The van der Waals surface area contributed by atoms with E-state index in [1.54, 1.807) is 0 Å². The van der Waals surface area contributed by atoms with E-state index in [1.165, 1.54) is 11.1 Å². The van der Waals surface area contributed by atoms with Crippen LogP contribution in [-0.4, -0.2) is 25.9 Å². The van der Waals surface area contributed by atoms with Gasteiger partial charge in [-0.1, -0.05) is 87.5 Å². The molecule has 0 unspecified atom stereocenters. The molecule has 2 aromatic carbocycles. The maximum atomic E-state index is 6.53. The Bertz CT molecular complexity index is 650. The zero-order valence-corrected chi connectivity index (χ0v) is 18.6. The summed E-state index contributed by atoms with van der Waals surface area (Å²) in [5.74, 6) is 0. The van der Waals surface area contributed by atoms with Crippen molar-refractivity contribution in [2.45, 2.75) is 58.0 Å². The van der Waals surface area contributed by atoms with Gasteiger partial charge in [0, 0.05) is 13.1 Å². The van der Waals surface area contributed by atoms with Crippen LogP contribution >= 0.6 is 0 Å². The van der Waals surface area contributed by atoms with Gasteiger partial charge in [-0.3, -0.25) is 4.90 Å². The molecular weight excluding hydrogens is 346 g/mol. The summed E-state index contributed by atoms with van der Waals surface area (Å²) >= 11 is 0. The second kappa shape index (κ2) is 9.49. The fraction of sp³-hybridized carbons (Fsp3) is 0.417. The molecule has 0 aromatic heterocycles. The average molecular weight is 382 g/mol. The Hall–Kier alpha value is -1.68. The zero-order chi connectivity index (χ0) is 19.9. The third kappa shape index (κ3) is 6.45. The Morgan fingerprint density at radius 1 is 0.926 bits per heavy atom. The minimum atomic E-state index is -1.79. The van der Waals surface area contributed by atoms with E-state index in [-0.39, 0.29) is 11.1 Å². The van der Waals surface area contributed by atoms with Crippen molar-refractivity contribution in [1.82, 2.24) is 4.90 Å². The first-order valence-electron chi connectivity index (χ1n) is 9.81. The van der Waals surface area contributed by atoms with E-state index in [0.29, 0.717) is 6.61 Å². The number of hydrogen-bond donors (Lipinski definition) is 0. The number of nitrogens with zero attached hydrogens (tertiary/aromatic N) is 1. The topological polar surface area (TPSA) is 12.5 Å². The maximum Gasteiger partial charge on any atom is 0.192 e. The third-order valence-corrected chi connectivity index (χ3v) is 10.1. The summed E-state index contributed by atoms with van der Waals surface area (Å²) in [6, 6.07) is 21.5. The monoisotopic (exact) mass is 381 g/mol. The summed E-state index contributed by atoms with van der Waals surface area (Å²) in [5, 5.41) is 0.211. The second-order valence-corrected chi connectivity index (χ2v) is 13.6. The molecule has 3 heteroatoms. The summed E-state index contributed by atoms with van der Waals surface area (Å²) in [7, 11) is -1.79. The van der Waals surface area contributed by atoms with Crippen molar-refractivity contribution < 1.29 is 4.43 Å². The minimum absolute atomic E-state index is 0.180. The van der Waals surface area contributed by atoms with E-state index < -0.39 is 8.32 Å². The molecule has 0 amide bonds. The molecule has 0 bridgehead atoms. The summed E-state index contributed by atoms with van der Waals surface area (Å²) < 4.78 is 6.53. The van der Waals surface area contributed by atoms with Gasteiger partial charge in [-0.15, -0.1) is 6.58 Å². The largest absolute Gasteiger partial charge is 0.415 e. The summed E-state index contributed by atoms with van der Waals surface area (Å²) in [6.45, 7) is 18.1. The lowest BCUT2D eigenvalue weighted by Crippen LogP contribution is -2.45. The first-order valence-corrected chi connectivity index (χ1v) is 12.7. The molecule has 0 saturated carbocycles. The molecule has 0 N–H and O–H groups in total. The minimum Gasteiger partial charge on any atom is -0.415 e. The predicted octanol–water partition coefficient (Wildman–Crippen LogP) is 6.27. The van der Waals surface area contributed by atoms with Crippen molar-refractivity contribution in [3.8, 4) is 0 Å². The summed E-state index contributed by atoms with van der Waals surface area (Å²) in [6.07, 6.45) is 2.04. The van der Waals surface area contributed by atoms with Gasteiger partial charge < -0.3 is 4.43 Å². The lowest BCUT2D eigenvalue weighted by Gasteiger charge is -2.39. The van der Waals surface area contributed by atoms with Gasteiger partial charge in [-0.05, 0) is 29.3 Å². The summed E-state index contributed by atoms with van der Waals surface area (Å²) in [4.78, 5) is 2.46. The van der Waals surface area contributed by atoms with Crippen LogP contribution in [0.3, 0.4) is 0 Å². The van der Waals surface area contributed by atoms with Crippen LogP contribution in [0.1, 0.15) is 31.9 Å². The second-order valence-electron chi connectivity index (χ2n) is 8.75. The molecule has 0 saturated heterocycles. The molecule has 0 aliphatic carbocycles. The van der Waals surface area contributed by atoms with Gasteiger partial charge in [0.25, 0.3) is 0 Å². The van der Waals surface area contributed by atoms with Crippen LogP contribution in [-0.2, 0) is 17.5 Å².